The largest absolute Gasteiger partial charge is 0.381 e. The minimum Gasteiger partial charge on any atom is -0.381 e. The minimum atomic E-state index is -3.60. The van der Waals surface area contributed by atoms with Gasteiger partial charge in [0, 0.05) is 32.4 Å². The van der Waals surface area contributed by atoms with Crippen LogP contribution in [-0.2, 0) is 21.3 Å². The number of hydrogen-bond acceptors (Lipinski definition) is 5. The molecule has 0 amide bonds. The van der Waals surface area contributed by atoms with Gasteiger partial charge in [0.1, 0.15) is 4.90 Å². The fourth-order valence-corrected chi connectivity index (χ4v) is 3.89. The standard InChI is InChI=1S/C12H22N4O3S/c1-3-5-15-9-11(12(13)14-15)20(17,18)16-6-4-7-19-10(2)8-16/h9-10H,3-8H2,1-2H3,(H2,13,14). The Bertz CT molecular complexity index is 555. The Labute approximate surface area is 119 Å². The highest BCUT2D eigenvalue weighted by Crippen LogP contribution is 2.23. The summed E-state index contributed by atoms with van der Waals surface area (Å²) in [5, 5.41) is 4.06. The van der Waals surface area contributed by atoms with E-state index in [9.17, 15) is 8.42 Å². The number of nitrogens with zero attached hydrogens (tertiary/aromatic N) is 3. The van der Waals surface area contributed by atoms with Gasteiger partial charge in [0.25, 0.3) is 0 Å². The third kappa shape index (κ3) is 3.13. The molecule has 1 aromatic heterocycles. The second kappa shape index (κ2) is 6.11. The fourth-order valence-electron chi connectivity index (χ4n) is 2.27. The third-order valence-corrected chi connectivity index (χ3v) is 5.12. The van der Waals surface area contributed by atoms with Gasteiger partial charge in [0.15, 0.2) is 5.82 Å². The van der Waals surface area contributed by atoms with Crippen molar-refractivity contribution >= 4 is 15.8 Å². The van der Waals surface area contributed by atoms with Gasteiger partial charge in [-0.05, 0) is 19.8 Å². The molecule has 1 unspecified atom stereocenters. The number of anilines is 1. The number of aryl methyl sites for hydroxylation is 1. The second-order valence-corrected chi connectivity index (χ2v) is 6.95. The first-order chi connectivity index (χ1) is 9.45. The lowest BCUT2D eigenvalue weighted by atomic mass is 10.4. The molecule has 1 fully saturated rings. The smallest absolute Gasteiger partial charge is 0.248 e. The molecule has 0 aromatic carbocycles. The van der Waals surface area contributed by atoms with Crippen LogP contribution in [0.3, 0.4) is 0 Å². The second-order valence-electron chi connectivity index (χ2n) is 5.04. The van der Waals surface area contributed by atoms with Gasteiger partial charge in [-0.2, -0.15) is 9.40 Å². The van der Waals surface area contributed by atoms with Gasteiger partial charge < -0.3 is 10.5 Å². The SMILES string of the molecule is CCCn1cc(S(=O)(=O)N2CCCOC(C)C2)c(N)n1. The maximum absolute atomic E-state index is 12.7. The number of nitrogens with two attached hydrogens (primary N) is 1. The van der Waals surface area contributed by atoms with Crippen LogP contribution in [0.5, 0.6) is 0 Å². The van der Waals surface area contributed by atoms with Crippen molar-refractivity contribution in [1.82, 2.24) is 14.1 Å². The lowest BCUT2D eigenvalue weighted by Gasteiger charge is -2.20. The molecule has 1 aliphatic rings. The predicted molar refractivity (Wildman–Crippen MR) is 75.7 cm³/mol. The van der Waals surface area contributed by atoms with Gasteiger partial charge in [-0.1, -0.05) is 6.92 Å². The summed E-state index contributed by atoms with van der Waals surface area (Å²) in [4.78, 5) is 0.0973. The van der Waals surface area contributed by atoms with Gasteiger partial charge in [-0.25, -0.2) is 8.42 Å². The van der Waals surface area contributed by atoms with Gasteiger partial charge in [0.05, 0.1) is 6.10 Å². The van der Waals surface area contributed by atoms with Crippen LogP contribution in [0.25, 0.3) is 0 Å². The van der Waals surface area contributed by atoms with E-state index in [0.29, 0.717) is 32.7 Å². The van der Waals surface area contributed by atoms with E-state index in [1.807, 2.05) is 13.8 Å². The van der Waals surface area contributed by atoms with Crippen LogP contribution >= 0.6 is 0 Å². The normalized spacial score (nSPS) is 21.8. The van der Waals surface area contributed by atoms with Crippen LogP contribution in [0, 0.1) is 0 Å². The van der Waals surface area contributed by atoms with Crippen molar-refractivity contribution in [3.05, 3.63) is 6.20 Å². The van der Waals surface area contributed by atoms with E-state index in [0.717, 1.165) is 6.42 Å². The molecule has 1 saturated heterocycles. The molecule has 0 saturated carbocycles. The maximum Gasteiger partial charge on any atom is 0.248 e. The number of ether oxygens (including phenoxy) is 1. The summed E-state index contributed by atoms with van der Waals surface area (Å²) >= 11 is 0. The molecule has 2 rings (SSSR count). The van der Waals surface area contributed by atoms with Gasteiger partial charge in [0.2, 0.25) is 10.0 Å². The summed E-state index contributed by atoms with van der Waals surface area (Å²) in [6, 6.07) is 0. The Morgan fingerprint density at radius 1 is 1.55 bits per heavy atom. The van der Waals surface area contributed by atoms with Gasteiger partial charge >= 0.3 is 0 Å². The molecule has 0 radical (unpaired) electrons. The Morgan fingerprint density at radius 2 is 2.30 bits per heavy atom. The molecular weight excluding hydrogens is 280 g/mol. The van der Waals surface area contributed by atoms with Gasteiger partial charge in [-0.15, -0.1) is 0 Å². The van der Waals surface area contributed by atoms with Crippen molar-refractivity contribution in [3.8, 4) is 0 Å². The molecule has 20 heavy (non-hydrogen) atoms. The summed E-state index contributed by atoms with van der Waals surface area (Å²) in [7, 11) is -3.60. The van der Waals surface area contributed by atoms with Crippen LogP contribution < -0.4 is 5.73 Å². The van der Waals surface area contributed by atoms with Crippen molar-refractivity contribution in [1.29, 1.82) is 0 Å². The van der Waals surface area contributed by atoms with Crippen LogP contribution in [-0.4, -0.2) is 48.3 Å². The zero-order valence-electron chi connectivity index (χ0n) is 11.9. The molecule has 8 heteroatoms. The predicted octanol–water partition coefficient (Wildman–Crippen LogP) is 0.675. The highest BCUT2D eigenvalue weighted by atomic mass is 32.2. The number of sulfonamides is 1. The van der Waals surface area contributed by atoms with Crippen molar-refractivity contribution in [3.63, 3.8) is 0 Å². The first kappa shape index (κ1) is 15.3. The van der Waals surface area contributed by atoms with E-state index >= 15 is 0 Å². The Hall–Kier alpha value is -1.12. The summed E-state index contributed by atoms with van der Waals surface area (Å²) in [6.45, 7) is 5.90. The van der Waals surface area contributed by atoms with Gasteiger partial charge in [-0.3, -0.25) is 4.68 Å². The highest BCUT2D eigenvalue weighted by Gasteiger charge is 2.31. The molecule has 0 aliphatic carbocycles. The average molecular weight is 302 g/mol. The monoisotopic (exact) mass is 302 g/mol. The van der Waals surface area contributed by atoms with Crippen molar-refractivity contribution in [2.75, 3.05) is 25.4 Å². The molecule has 114 valence electrons. The zero-order chi connectivity index (χ0) is 14.8. The minimum absolute atomic E-state index is 0.0660. The lowest BCUT2D eigenvalue weighted by Crippen LogP contribution is -2.36. The quantitative estimate of drug-likeness (QED) is 0.883. The molecule has 0 bridgehead atoms. The van der Waals surface area contributed by atoms with Crippen molar-refractivity contribution in [2.45, 2.75) is 44.2 Å². The van der Waals surface area contributed by atoms with Crippen LogP contribution in [0.15, 0.2) is 11.1 Å². The van der Waals surface area contributed by atoms with E-state index in [2.05, 4.69) is 5.10 Å². The highest BCUT2D eigenvalue weighted by molar-refractivity contribution is 7.89. The Morgan fingerprint density at radius 3 is 3.00 bits per heavy atom. The first-order valence-electron chi connectivity index (χ1n) is 6.89. The zero-order valence-corrected chi connectivity index (χ0v) is 12.8. The third-order valence-electron chi connectivity index (χ3n) is 3.24. The average Bonchev–Trinajstić information content (AvgIpc) is 2.60. The van der Waals surface area contributed by atoms with Crippen LogP contribution in [0.4, 0.5) is 5.82 Å². The summed E-state index contributed by atoms with van der Waals surface area (Å²) in [5.41, 5.74) is 5.77. The van der Waals surface area contributed by atoms with Crippen LogP contribution in [0.1, 0.15) is 26.7 Å². The summed E-state index contributed by atoms with van der Waals surface area (Å²) < 4.78 is 33.8. The molecule has 1 aromatic rings. The Balaban J connectivity index is 2.29. The number of nitrogen functional groups attached to an aromatic ring is 1. The summed E-state index contributed by atoms with van der Waals surface area (Å²) in [5.74, 6) is 0.0660. The Kier molecular flexibility index (Phi) is 4.66. The van der Waals surface area contributed by atoms with Crippen molar-refractivity contribution < 1.29 is 13.2 Å². The summed E-state index contributed by atoms with van der Waals surface area (Å²) in [6.07, 6.45) is 2.96. The molecule has 2 heterocycles. The van der Waals surface area contributed by atoms with E-state index in [-0.39, 0.29) is 16.8 Å². The first-order valence-corrected chi connectivity index (χ1v) is 8.34. The molecule has 7 nitrogen and oxygen atoms in total. The topological polar surface area (TPSA) is 90.5 Å². The van der Waals surface area contributed by atoms with E-state index in [1.165, 1.54) is 10.5 Å². The fraction of sp³-hybridized carbons (Fsp3) is 0.750. The molecule has 0 spiro atoms. The van der Waals surface area contributed by atoms with Crippen molar-refractivity contribution in [2.24, 2.45) is 0 Å². The molecule has 2 N–H and O–H groups in total. The van der Waals surface area contributed by atoms with E-state index in [1.54, 1.807) is 4.68 Å². The van der Waals surface area contributed by atoms with Crippen LogP contribution in [0.2, 0.25) is 0 Å². The number of hydrogen-bond donors (Lipinski definition) is 1. The number of rotatable bonds is 4. The maximum atomic E-state index is 12.7. The van der Waals surface area contributed by atoms with E-state index < -0.39 is 10.0 Å². The van der Waals surface area contributed by atoms with E-state index in [4.69, 9.17) is 10.5 Å². The molecular formula is C12H22N4O3S. The number of aromatic nitrogens is 2. The molecule has 1 aliphatic heterocycles. The lowest BCUT2D eigenvalue weighted by molar-refractivity contribution is 0.0752. The molecule has 1 atom stereocenters.